The van der Waals surface area contributed by atoms with Gasteiger partial charge < -0.3 is 4.74 Å². The molecule has 1 amide bonds. The molecule has 2 aromatic rings. The Kier molecular flexibility index (Phi) is 7.15. The van der Waals surface area contributed by atoms with Gasteiger partial charge in [0.1, 0.15) is 10.5 Å². The molecule has 0 unspecified atom stereocenters. The quantitative estimate of drug-likeness (QED) is 0.553. The largest absolute Gasteiger partial charge is 0.494 e. The predicted octanol–water partition coefficient (Wildman–Crippen LogP) is 1.43. The van der Waals surface area contributed by atoms with Gasteiger partial charge in [-0.1, -0.05) is 0 Å². The van der Waals surface area contributed by atoms with E-state index in [9.17, 15) is 21.6 Å². The number of aromatic nitrogens is 3. The molecule has 0 atom stereocenters. The van der Waals surface area contributed by atoms with Crippen LogP contribution in [0, 0.1) is 0 Å². The highest BCUT2D eigenvalue weighted by molar-refractivity contribution is 7.94. The lowest BCUT2D eigenvalue weighted by Crippen LogP contribution is -2.52. The number of aromatic amines is 1. The lowest BCUT2D eigenvalue weighted by Gasteiger charge is -2.34. The Labute approximate surface area is 193 Å². The maximum absolute atomic E-state index is 13.2. The first-order valence-electron chi connectivity index (χ1n) is 10.5. The fourth-order valence-electron chi connectivity index (χ4n) is 3.59. The van der Waals surface area contributed by atoms with E-state index >= 15 is 0 Å². The van der Waals surface area contributed by atoms with Gasteiger partial charge >= 0.3 is 0 Å². The van der Waals surface area contributed by atoms with E-state index in [4.69, 9.17) is 4.74 Å². The molecule has 11 nitrogen and oxygen atoms in total. The van der Waals surface area contributed by atoms with Gasteiger partial charge in [0.05, 0.1) is 18.1 Å². The Morgan fingerprint density at radius 3 is 2.33 bits per heavy atom. The molecule has 33 heavy (non-hydrogen) atoms. The Morgan fingerprint density at radius 2 is 1.79 bits per heavy atom. The normalized spacial score (nSPS) is 16.5. The second kappa shape index (κ2) is 9.39. The second-order valence-electron chi connectivity index (χ2n) is 8.34. The number of amides is 1. The van der Waals surface area contributed by atoms with Crippen molar-refractivity contribution in [2.75, 3.05) is 31.3 Å². The van der Waals surface area contributed by atoms with Crippen LogP contribution in [0.4, 0.5) is 5.95 Å². The lowest BCUT2D eigenvalue weighted by molar-refractivity contribution is -0.117. The van der Waals surface area contributed by atoms with Gasteiger partial charge in [0.25, 0.3) is 0 Å². The number of hydrogen-bond acceptors (Lipinski definition) is 8. The third-order valence-electron chi connectivity index (χ3n) is 5.72. The van der Waals surface area contributed by atoms with Crippen molar-refractivity contribution in [3.63, 3.8) is 0 Å². The molecule has 182 valence electrons. The van der Waals surface area contributed by atoms with Crippen molar-refractivity contribution in [3.05, 3.63) is 24.3 Å². The third kappa shape index (κ3) is 5.36. The number of nitrogens with zero attached hydrogens (tertiary/aromatic N) is 3. The molecule has 3 rings (SSSR count). The maximum atomic E-state index is 13.2. The van der Waals surface area contributed by atoms with Gasteiger partial charge in [0, 0.05) is 18.7 Å². The zero-order valence-corrected chi connectivity index (χ0v) is 20.7. The molecule has 0 spiro atoms. The van der Waals surface area contributed by atoms with E-state index in [1.54, 1.807) is 24.3 Å². The number of ether oxygens (including phenoxy) is 1. The first-order chi connectivity index (χ1) is 15.4. The van der Waals surface area contributed by atoms with Crippen molar-refractivity contribution in [1.82, 2.24) is 19.5 Å². The molecule has 1 aromatic heterocycles. The molecule has 0 saturated carbocycles. The van der Waals surface area contributed by atoms with Gasteiger partial charge in [-0.3, -0.25) is 15.2 Å². The topological polar surface area (TPSA) is 151 Å². The molecule has 1 aliphatic heterocycles. The number of sulfonamides is 1. The van der Waals surface area contributed by atoms with E-state index in [-0.39, 0.29) is 31.9 Å². The number of sulfone groups is 1. The molecule has 1 aliphatic rings. The van der Waals surface area contributed by atoms with Crippen molar-refractivity contribution in [2.45, 2.75) is 43.6 Å². The minimum Gasteiger partial charge on any atom is -0.494 e. The van der Waals surface area contributed by atoms with Crippen LogP contribution in [0.3, 0.4) is 0 Å². The minimum absolute atomic E-state index is 0.0425. The summed E-state index contributed by atoms with van der Waals surface area (Å²) in [6, 6.07) is 7.14. The van der Waals surface area contributed by atoms with Crippen molar-refractivity contribution >= 4 is 31.7 Å². The first kappa shape index (κ1) is 25.1. The number of rotatable bonds is 8. The molecule has 1 saturated heterocycles. The lowest BCUT2D eigenvalue weighted by atomic mass is 10.1. The van der Waals surface area contributed by atoms with E-state index in [2.05, 4.69) is 20.5 Å². The van der Waals surface area contributed by atoms with Gasteiger partial charge in [-0.25, -0.2) is 21.1 Å². The van der Waals surface area contributed by atoms with E-state index in [0.717, 1.165) is 11.8 Å². The van der Waals surface area contributed by atoms with Crippen molar-refractivity contribution in [2.24, 2.45) is 0 Å². The summed E-state index contributed by atoms with van der Waals surface area (Å²) >= 11 is 0. The highest BCUT2D eigenvalue weighted by Gasteiger charge is 2.47. The van der Waals surface area contributed by atoms with Gasteiger partial charge in [-0.2, -0.15) is 4.98 Å². The zero-order chi connectivity index (χ0) is 24.4. The third-order valence-corrected chi connectivity index (χ3v) is 9.98. The summed E-state index contributed by atoms with van der Waals surface area (Å²) in [6.07, 6.45) is 1.36. The Morgan fingerprint density at radius 1 is 1.18 bits per heavy atom. The molecule has 2 heterocycles. The Hall–Kier alpha value is -2.51. The van der Waals surface area contributed by atoms with Crippen LogP contribution >= 0.6 is 0 Å². The maximum Gasteiger partial charge on any atom is 0.249 e. The van der Waals surface area contributed by atoms with Crippen LogP contribution in [-0.2, 0) is 24.7 Å². The molecule has 1 fully saturated rings. The molecule has 2 N–H and O–H groups in total. The van der Waals surface area contributed by atoms with Crippen molar-refractivity contribution < 1.29 is 26.4 Å². The van der Waals surface area contributed by atoms with Crippen LogP contribution in [0.1, 0.15) is 33.6 Å². The molecular formula is C20H29N5O6S2. The average Bonchev–Trinajstić information content (AvgIpc) is 3.22. The second-order valence-corrected chi connectivity index (χ2v) is 13.1. The van der Waals surface area contributed by atoms with E-state index in [1.807, 2.05) is 6.92 Å². The average molecular weight is 500 g/mol. The smallest absolute Gasteiger partial charge is 0.249 e. The SMILES string of the molecule is CCOc1ccc(-c2nc(NC(=O)C(C)(C)S(=O)(=O)C3CCN(S(C)(=O)=O)CC3)n[nH]2)cc1. The molecule has 1 aromatic carbocycles. The Bertz CT molecular complexity index is 1200. The van der Waals surface area contributed by atoms with Crippen LogP contribution in [0.15, 0.2) is 24.3 Å². The van der Waals surface area contributed by atoms with Gasteiger partial charge in [0.15, 0.2) is 15.7 Å². The number of benzene rings is 1. The standard InChI is InChI=1S/C20H29N5O6S2/c1-5-31-15-8-6-14(7-9-15)17-21-19(24-23-17)22-18(26)20(2,3)33(29,30)16-10-12-25(13-11-16)32(4,27)28/h6-9,16H,5,10-13H2,1-4H3,(H2,21,22,23,24,26). The summed E-state index contributed by atoms with van der Waals surface area (Å²) in [5.41, 5.74) is 0.718. The fraction of sp³-hybridized carbons (Fsp3) is 0.550. The highest BCUT2D eigenvalue weighted by atomic mass is 32.2. The van der Waals surface area contributed by atoms with Gasteiger partial charge in [-0.15, -0.1) is 5.10 Å². The summed E-state index contributed by atoms with van der Waals surface area (Å²) in [7, 11) is -7.30. The summed E-state index contributed by atoms with van der Waals surface area (Å²) in [6.45, 7) is 5.31. The van der Waals surface area contributed by atoms with E-state index in [0.29, 0.717) is 18.2 Å². The Balaban J connectivity index is 1.69. The first-order valence-corrected chi connectivity index (χ1v) is 13.9. The van der Waals surface area contributed by atoms with Crippen molar-refractivity contribution in [3.8, 4) is 17.1 Å². The summed E-state index contributed by atoms with van der Waals surface area (Å²) in [4.78, 5) is 17.1. The van der Waals surface area contributed by atoms with Crippen LogP contribution in [-0.4, -0.2) is 78.2 Å². The summed E-state index contributed by atoms with van der Waals surface area (Å²) in [5, 5.41) is 8.35. The number of piperidine rings is 1. The highest BCUT2D eigenvalue weighted by Crippen LogP contribution is 2.30. The summed E-state index contributed by atoms with van der Waals surface area (Å²) < 4.78 is 54.7. The number of hydrogen-bond donors (Lipinski definition) is 2. The monoisotopic (exact) mass is 499 g/mol. The van der Waals surface area contributed by atoms with E-state index in [1.165, 1.54) is 18.2 Å². The number of carbonyl (C=O) groups is 1. The number of carbonyl (C=O) groups excluding carboxylic acids is 1. The molecular weight excluding hydrogens is 470 g/mol. The molecule has 0 radical (unpaired) electrons. The summed E-state index contributed by atoms with van der Waals surface area (Å²) in [5.74, 6) is 0.315. The molecule has 0 bridgehead atoms. The van der Waals surface area contributed by atoms with Gasteiger partial charge in [0.2, 0.25) is 21.9 Å². The number of H-pyrrole nitrogens is 1. The van der Waals surface area contributed by atoms with Crippen LogP contribution in [0.5, 0.6) is 5.75 Å². The zero-order valence-electron chi connectivity index (χ0n) is 19.0. The molecule has 13 heteroatoms. The van der Waals surface area contributed by atoms with Gasteiger partial charge in [-0.05, 0) is 57.9 Å². The predicted molar refractivity (Wildman–Crippen MR) is 124 cm³/mol. The minimum atomic E-state index is -3.92. The fourth-order valence-corrected chi connectivity index (χ4v) is 6.44. The van der Waals surface area contributed by atoms with Crippen LogP contribution in [0.25, 0.3) is 11.4 Å². The van der Waals surface area contributed by atoms with Crippen LogP contribution in [0.2, 0.25) is 0 Å². The molecule has 0 aliphatic carbocycles. The van der Waals surface area contributed by atoms with E-state index < -0.39 is 35.8 Å². The number of nitrogens with one attached hydrogen (secondary N) is 2. The van der Waals surface area contributed by atoms with Crippen LogP contribution < -0.4 is 10.1 Å². The number of anilines is 1. The van der Waals surface area contributed by atoms with Crippen molar-refractivity contribution in [1.29, 1.82) is 0 Å².